The summed E-state index contributed by atoms with van der Waals surface area (Å²) in [4.78, 5) is 10.8. The summed E-state index contributed by atoms with van der Waals surface area (Å²) < 4.78 is 1.16. The molecule has 3 heteroatoms. The van der Waals surface area contributed by atoms with Crippen LogP contribution < -0.4 is 5.32 Å². The predicted octanol–water partition coefficient (Wildman–Crippen LogP) is 0.751. The van der Waals surface area contributed by atoms with Crippen molar-refractivity contribution in [1.82, 2.24) is 5.32 Å². The first-order valence-corrected chi connectivity index (χ1v) is 5.16. The normalized spacial score (nSPS) is 34.2. The number of likely N-dealkylation sites (tertiary alicyclic amines) is 1. The minimum atomic E-state index is 0.109. The summed E-state index contributed by atoms with van der Waals surface area (Å²) >= 11 is 0. The van der Waals surface area contributed by atoms with Crippen LogP contribution in [-0.2, 0) is 4.79 Å². The molecule has 1 rings (SSSR count). The zero-order chi connectivity index (χ0) is 9.90. The van der Waals surface area contributed by atoms with Gasteiger partial charge in [0.1, 0.15) is 0 Å². The van der Waals surface area contributed by atoms with E-state index in [4.69, 9.17) is 0 Å². The Labute approximate surface area is 80.7 Å². The van der Waals surface area contributed by atoms with Crippen LogP contribution in [0.5, 0.6) is 0 Å². The smallest absolute Gasteiger partial charge is 0.217 e. The number of piperidine rings is 1. The Kier molecular flexibility index (Phi) is 3.31. The summed E-state index contributed by atoms with van der Waals surface area (Å²) in [5.41, 5.74) is 0. The molecule has 1 heterocycles. The third-order valence-corrected chi connectivity index (χ3v) is 3.21. The Morgan fingerprint density at radius 3 is 2.38 bits per heavy atom. The minimum Gasteiger partial charge on any atom is -0.353 e. The molecule has 0 aromatic rings. The van der Waals surface area contributed by atoms with Gasteiger partial charge >= 0.3 is 0 Å². The lowest BCUT2D eigenvalue weighted by Gasteiger charge is -2.39. The lowest BCUT2D eigenvalue weighted by atomic mass is 10.0. The molecule has 1 saturated heterocycles. The van der Waals surface area contributed by atoms with Crippen molar-refractivity contribution in [2.24, 2.45) is 0 Å². The van der Waals surface area contributed by atoms with Crippen molar-refractivity contribution in [2.75, 3.05) is 26.7 Å². The number of nitrogens with zero attached hydrogens (tertiary/aromatic N) is 1. The number of carbonyl (C=O) groups is 1. The topological polar surface area (TPSA) is 29.1 Å². The number of hydrogen-bond acceptors (Lipinski definition) is 1. The fourth-order valence-electron chi connectivity index (χ4n) is 1.94. The van der Waals surface area contributed by atoms with E-state index in [1.54, 1.807) is 6.92 Å². The number of rotatable bonds is 2. The SMILES string of the molecule is CC[N+]1(C)CCC(NC(C)=O)CC1. The van der Waals surface area contributed by atoms with E-state index in [9.17, 15) is 4.79 Å². The minimum absolute atomic E-state index is 0.109. The van der Waals surface area contributed by atoms with Gasteiger partial charge in [-0.15, -0.1) is 0 Å². The second kappa shape index (κ2) is 4.09. The number of carbonyl (C=O) groups excluding carboxylic acids is 1. The third-order valence-electron chi connectivity index (χ3n) is 3.21. The highest BCUT2D eigenvalue weighted by Gasteiger charge is 2.28. The first kappa shape index (κ1) is 10.5. The molecule has 1 N–H and O–H groups in total. The van der Waals surface area contributed by atoms with E-state index >= 15 is 0 Å². The fourth-order valence-corrected chi connectivity index (χ4v) is 1.94. The van der Waals surface area contributed by atoms with Gasteiger partial charge in [-0.2, -0.15) is 0 Å². The predicted molar refractivity (Wildman–Crippen MR) is 53.3 cm³/mol. The van der Waals surface area contributed by atoms with Crippen molar-refractivity contribution >= 4 is 5.91 Å². The maximum atomic E-state index is 10.8. The van der Waals surface area contributed by atoms with Gasteiger partial charge in [0.2, 0.25) is 5.91 Å². The maximum Gasteiger partial charge on any atom is 0.217 e. The third kappa shape index (κ3) is 2.99. The zero-order valence-electron chi connectivity index (χ0n) is 8.97. The molecule has 0 saturated carbocycles. The monoisotopic (exact) mass is 185 g/mol. The van der Waals surface area contributed by atoms with Crippen LogP contribution >= 0.6 is 0 Å². The van der Waals surface area contributed by atoms with Crippen LogP contribution in [0.25, 0.3) is 0 Å². The molecule has 1 amide bonds. The van der Waals surface area contributed by atoms with Gasteiger partial charge in [0.25, 0.3) is 0 Å². The number of amides is 1. The molecule has 0 unspecified atom stereocenters. The first-order chi connectivity index (χ1) is 6.06. The van der Waals surface area contributed by atoms with Crippen LogP contribution in [0.15, 0.2) is 0 Å². The number of hydrogen-bond donors (Lipinski definition) is 1. The van der Waals surface area contributed by atoms with Gasteiger partial charge in [-0.1, -0.05) is 0 Å². The zero-order valence-corrected chi connectivity index (χ0v) is 8.97. The molecule has 3 nitrogen and oxygen atoms in total. The first-order valence-electron chi connectivity index (χ1n) is 5.16. The second-order valence-electron chi connectivity index (χ2n) is 4.36. The Morgan fingerprint density at radius 1 is 1.46 bits per heavy atom. The van der Waals surface area contributed by atoms with Crippen LogP contribution in [0.1, 0.15) is 26.7 Å². The van der Waals surface area contributed by atoms with Gasteiger partial charge in [0, 0.05) is 25.8 Å². The summed E-state index contributed by atoms with van der Waals surface area (Å²) in [7, 11) is 2.30. The molecular formula is C10H21N2O+. The largest absolute Gasteiger partial charge is 0.353 e. The molecule has 0 aromatic carbocycles. The molecule has 0 spiro atoms. The van der Waals surface area contributed by atoms with Gasteiger partial charge < -0.3 is 9.80 Å². The molecule has 13 heavy (non-hydrogen) atoms. The molecule has 0 atom stereocenters. The molecule has 0 aliphatic carbocycles. The van der Waals surface area contributed by atoms with E-state index < -0.39 is 0 Å². The molecule has 0 radical (unpaired) electrons. The van der Waals surface area contributed by atoms with Gasteiger partial charge in [0.15, 0.2) is 0 Å². The van der Waals surface area contributed by atoms with Crippen molar-refractivity contribution < 1.29 is 9.28 Å². The Hall–Kier alpha value is -0.570. The maximum absolute atomic E-state index is 10.8. The second-order valence-corrected chi connectivity index (χ2v) is 4.36. The Morgan fingerprint density at radius 2 is 2.00 bits per heavy atom. The standard InChI is InChI=1S/C10H20N2O/c1-4-12(3)7-5-10(6-8-12)11-9(2)13/h10H,4-8H2,1-3H3/p+1. The van der Waals surface area contributed by atoms with E-state index in [0.29, 0.717) is 6.04 Å². The average Bonchev–Trinajstić information content (AvgIpc) is 2.09. The summed E-state index contributed by atoms with van der Waals surface area (Å²) in [5.74, 6) is 0.109. The lowest BCUT2D eigenvalue weighted by molar-refractivity contribution is -0.912. The van der Waals surface area contributed by atoms with Gasteiger partial charge in [-0.25, -0.2) is 0 Å². The summed E-state index contributed by atoms with van der Waals surface area (Å²) in [6.45, 7) is 7.43. The summed E-state index contributed by atoms with van der Waals surface area (Å²) in [5, 5.41) is 2.99. The van der Waals surface area contributed by atoms with Crippen LogP contribution in [-0.4, -0.2) is 43.1 Å². The van der Waals surface area contributed by atoms with E-state index in [0.717, 1.165) is 17.3 Å². The van der Waals surface area contributed by atoms with Crippen LogP contribution in [0.2, 0.25) is 0 Å². The van der Waals surface area contributed by atoms with Gasteiger partial charge in [-0.05, 0) is 6.92 Å². The van der Waals surface area contributed by atoms with Gasteiger partial charge in [0.05, 0.1) is 26.7 Å². The highest BCUT2D eigenvalue weighted by molar-refractivity contribution is 5.73. The Bertz CT molecular complexity index is 183. The Balaban J connectivity index is 2.34. The van der Waals surface area contributed by atoms with E-state index in [2.05, 4.69) is 19.3 Å². The molecule has 1 aliphatic rings. The van der Waals surface area contributed by atoms with E-state index in [-0.39, 0.29) is 5.91 Å². The van der Waals surface area contributed by atoms with Gasteiger partial charge in [-0.3, -0.25) is 4.79 Å². The van der Waals surface area contributed by atoms with E-state index in [1.807, 2.05) is 0 Å². The van der Waals surface area contributed by atoms with Crippen LogP contribution in [0, 0.1) is 0 Å². The van der Waals surface area contributed by atoms with Crippen molar-refractivity contribution in [3.63, 3.8) is 0 Å². The van der Waals surface area contributed by atoms with Crippen LogP contribution in [0.4, 0.5) is 0 Å². The molecule has 0 aromatic heterocycles. The van der Waals surface area contributed by atoms with Crippen molar-refractivity contribution in [2.45, 2.75) is 32.7 Å². The van der Waals surface area contributed by atoms with Crippen molar-refractivity contribution in [1.29, 1.82) is 0 Å². The van der Waals surface area contributed by atoms with Crippen molar-refractivity contribution in [3.8, 4) is 0 Å². The lowest BCUT2D eigenvalue weighted by Crippen LogP contribution is -2.53. The molecule has 76 valence electrons. The number of nitrogens with one attached hydrogen (secondary N) is 1. The summed E-state index contributed by atoms with van der Waals surface area (Å²) in [6.07, 6.45) is 2.26. The fraction of sp³-hybridized carbons (Fsp3) is 0.900. The number of quaternary nitrogens is 1. The summed E-state index contributed by atoms with van der Waals surface area (Å²) in [6, 6.07) is 0.426. The molecular weight excluding hydrogens is 164 g/mol. The molecule has 1 aliphatic heterocycles. The van der Waals surface area contributed by atoms with Crippen LogP contribution in [0.3, 0.4) is 0 Å². The molecule has 0 bridgehead atoms. The molecule has 1 fully saturated rings. The van der Waals surface area contributed by atoms with E-state index in [1.165, 1.54) is 19.6 Å². The highest BCUT2D eigenvalue weighted by atomic mass is 16.1. The highest BCUT2D eigenvalue weighted by Crippen LogP contribution is 2.16. The van der Waals surface area contributed by atoms with Crippen molar-refractivity contribution in [3.05, 3.63) is 0 Å². The quantitative estimate of drug-likeness (QED) is 0.632. The average molecular weight is 185 g/mol.